The molecule has 1 heterocycles. The van der Waals surface area contributed by atoms with Gasteiger partial charge in [-0.1, -0.05) is 94.4 Å². The van der Waals surface area contributed by atoms with Crippen molar-refractivity contribution in [3.63, 3.8) is 0 Å². The van der Waals surface area contributed by atoms with Gasteiger partial charge < -0.3 is 42.5 Å². The normalized spacial score (nSPS) is 21.3. The number of benzene rings is 3. The summed E-state index contributed by atoms with van der Waals surface area (Å²) in [5.74, 6) is -4.78. The first kappa shape index (κ1) is 42.7. The molecule has 1 aliphatic rings. The highest BCUT2D eigenvalue weighted by molar-refractivity contribution is 8.77. The fourth-order valence-electron chi connectivity index (χ4n) is 5.78. The Kier molecular flexibility index (Phi) is 14.7. The molecule has 0 aromatic heterocycles. The molecule has 1 unspecified atom stereocenters. The fourth-order valence-corrected chi connectivity index (χ4v) is 8.59. The second-order valence-corrected chi connectivity index (χ2v) is 17.8. The topological polar surface area (TPSA) is 229 Å². The number of carboxylic acid groups (broad SMARTS) is 1. The molecule has 0 saturated carbocycles. The molecule has 16 heteroatoms. The van der Waals surface area contributed by atoms with Crippen molar-refractivity contribution in [3.8, 4) is 5.75 Å². The SMILES string of the molecule is CC1(C)SSC(C)(C)[C@H](C(=O)O)NC(=O)[C@H](Cc2ccccc2)NC(=O)CNC(=O)C1NC(=O)[C@H](Cc1ccc(O)cc1)NC(=O)[C@@H](N)Cc1ccccc1. The van der Waals surface area contributed by atoms with Gasteiger partial charge in [-0.2, -0.15) is 0 Å². The predicted octanol–water partition coefficient (Wildman–Crippen LogP) is 1.84. The molecule has 5 atom stereocenters. The number of hydrogen-bond acceptors (Lipinski definition) is 10. The maximum atomic E-state index is 14.2. The highest BCUT2D eigenvalue weighted by Crippen LogP contribution is 2.46. The number of nitrogens with two attached hydrogens (primary N) is 1. The Hall–Kier alpha value is -5.06. The van der Waals surface area contributed by atoms with Crippen molar-refractivity contribution in [1.29, 1.82) is 0 Å². The standard InChI is InChI=1S/C39H48N6O8S2/c1-38(2)31(44-35(50)29(21-25-15-17-26(46)18-16-25)43-33(48)27(40)19-23-11-7-5-8-12-23)36(51)41-22-30(47)42-28(20-24-13-9-6-10-14-24)34(49)45-32(37(52)53)39(3,4)55-54-38/h5-18,27-29,31-32,46H,19-22,40H2,1-4H3,(H,41,51)(H,42,47)(H,43,48)(H,44,50)(H,45,49)(H,52,53)/t27-,28-,29-,31?,32-/m0/s1. The number of carbonyl (C=O) groups excluding carboxylic acids is 5. The zero-order valence-corrected chi connectivity index (χ0v) is 32.7. The average Bonchev–Trinajstić information content (AvgIpc) is 3.14. The van der Waals surface area contributed by atoms with Crippen LogP contribution in [0.2, 0.25) is 0 Å². The number of hydrogen-bond donors (Lipinski definition) is 8. The number of carbonyl (C=O) groups is 6. The van der Waals surface area contributed by atoms with Crippen molar-refractivity contribution in [3.05, 3.63) is 102 Å². The minimum absolute atomic E-state index is 0.00870. The minimum atomic E-state index is -1.42. The Bertz CT molecular complexity index is 1830. The number of phenols is 1. The summed E-state index contributed by atoms with van der Waals surface area (Å²) in [7, 11) is 2.23. The molecule has 1 saturated heterocycles. The van der Waals surface area contributed by atoms with Gasteiger partial charge in [-0.25, -0.2) is 4.79 Å². The summed E-state index contributed by atoms with van der Waals surface area (Å²) in [5.41, 5.74) is 8.39. The van der Waals surface area contributed by atoms with E-state index in [0.717, 1.165) is 27.2 Å². The van der Waals surface area contributed by atoms with Crippen molar-refractivity contribution in [2.24, 2.45) is 5.73 Å². The molecule has 0 bridgehead atoms. The molecule has 0 spiro atoms. The zero-order chi connectivity index (χ0) is 40.3. The van der Waals surface area contributed by atoms with E-state index in [4.69, 9.17) is 5.73 Å². The molecule has 294 valence electrons. The van der Waals surface area contributed by atoms with E-state index in [2.05, 4.69) is 26.6 Å². The Morgan fingerprint density at radius 2 is 1.35 bits per heavy atom. The Balaban J connectivity index is 1.62. The maximum Gasteiger partial charge on any atom is 0.327 e. The first-order chi connectivity index (χ1) is 25.9. The molecular weight excluding hydrogens is 745 g/mol. The largest absolute Gasteiger partial charge is 0.508 e. The highest BCUT2D eigenvalue weighted by atomic mass is 33.1. The van der Waals surface area contributed by atoms with Gasteiger partial charge in [-0.3, -0.25) is 24.0 Å². The van der Waals surface area contributed by atoms with Crippen LogP contribution in [0.4, 0.5) is 0 Å². The van der Waals surface area contributed by atoms with E-state index in [0.29, 0.717) is 11.1 Å². The van der Waals surface area contributed by atoms with E-state index in [9.17, 15) is 39.0 Å². The molecule has 1 aliphatic heterocycles. The molecule has 3 aromatic carbocycles. The van der Waals surface area contributed by atoms with Crippen LogP contribution >= 0.6 is 21.6 Å². The van der Waals surface area contributed by atoms with E-state index in [-0.39, 0.29) is 25.0 Å². The van der Waals surface area contributed by atoms with Gasteiger partial charge in [0.15, 0.2) is 0 Å². The third-order valence-electron chi connectivity index (χ3n) is 8.95. The number of aromatic hydroxyl groups is 1. The quantitative estimate of drug-likeness (QED) is 0.131. The molecule has 5 amide bonds. The van der Waals surface area contributed by atoms with Gasteiger partial charge in [-0.15, -0.1) is 0 Å². The first-order valence-corrected chi connectivity index (χ1v) is 19.8. The van der Waals surface area contributed by atoms with Gasteiger partial charge in [-0.05, 0) is 62.9 Å². The summed E-state index contributed by atoms with van der Waals surface area (Å²) in [4.78, 5) is 80.9. The summed E-state index contributed by atoms with van der Waals surface area (Å²) in [6.07, 6.45) is 0.231. The third kappa shape index (κ3) is 12.5. The Morgan fingerprint density at radius 1 is 0.782 bits per heavy atom. The van der Waals surface area contributed by atoms with Crippen molar-refractivity contribution < 1.29 is 39.0 Å². The van der Waals surface area contributed by atoms with Crippen molar-refractivity contribution >= 4 is 57.1 Å². The number of phenolic OH excluding ortho intramolecular Hbond substituents is 1. The summed E-state index contributed by atoms with van der Waals surface area (Å²) in [5, 5.41) is 33.4. The van der Waals surface area contributed by atoms with Crippen molar-refractivity contribution in [1.82, 2.24) is 26.6 Å². The first-order valence-electron chi connectivity index (χ1n) is 17.6. The molecule has 14 nitrogen and oxygen atoms in total. The van der Waals surface area contributed by atoms with Crippen LogP contribution in [0.1, 0.15) is 44.4 Å². The van der Waals surface area contributed by atoms with E-state index in [1.54, 1.807) is 70.2 Å². The predicted molar refractivity (Wildman–Crippen MR) is 212 cm³/mol. The molecule has 4 rings (SSSR count). The lowest BCUT2D eigenvalue weighted by Gasteiger charge is -2.38. The number of nitrogens with one attached hydrogen (secondary N) is 5. The zero-order valence-electron chi connectivity index (χ0n) is 31.0. The Morgan fingerprint density at radius 3 is 1.95 bits per heavy atom. The van der Waals surface area contributed by atoms with E-state index >= 15 is 0 Å². The summed E-state index contributed by atoms with van der Waals surface area (Å²) in [6.45, 7) is 6.04. The monoisotopic (exact) mass is 792 g/mol. The lowest BCUT2D eigenvalue weighted by Crippen LogP contribution is -2.62. The lowest BCUT2D eigenvalue weighted by atomic mass is 9.99. The van der Waals surface area contributed by atoms with Gasteiger partial charge in [0, 0.05) is 17.6 Å². The molecule has 1 fully saturated rings. The number of aliphatic carboxylic acids is 1. The molecule has 0 radical (unpaired) electrons. The van der Waals surface area contributed by atoms with Crippen LogP contribution in [0.15, 0.2) is 84.9 Å². The number of carboxylic acids is 1. The van der Waals surface area contributed by atoms with Crippen molar-refractivity contribution in [2.45, 2.75) is 86.7 Å². The summed E-state index contributed by atoms with van der Waals surface area (Å²) in [6, 6.07) is 17.9. The molecule has 3 aromatic rings. The van der Waals surface area contributed by atoms with Gasteiger partial charge in [0.25, 0.3) is 0 Å². The maximum absolute atomic E-state index is 14.2. The average molecular weight is 793 g/mol. The van der Waals surface area contributed by atoms with Gasteiger partial charge >= 0.3 is 5.97 Å². The summed E-state index contributed by atoms with van der Waals surface area (Å²) >= 11 is 0. The number of rotatable bonds is 11. The van der Waals surface area contributed by atoms with Crippen LogP contribution in [-0.2, 0) is 48.0 Å². The van der Waals surface area contributed by atoms with Gasteiger partial charge in [0.1, 0.15) is 29.9 Å². The van der Waals surface area contributed by atoms with E-state index < -0.39 is 81.8 Å². The smallest absolute Gasteiger partial charge is 0.327 e. The van der Waals surface area contributed by atoms with Crippen LogP contribution in [0.25, 0.3) is 0 Å². The third-order valence-corrected chi connectivity index (χ3v) is 13.2. The van der Waals surface area contributed by atoms with Crippen molar-refractivity contribution in [2.75, 3.05) is 6.54 Å². The molecule has 9 N–H and O–H groups in total. The van der Waals surface area contributed by atoms with Crippen LogP contribution in [-0.4, -0.2) is 92.0 Å². The lowest BCUT2D eigenvalue weighted by molar-refractivity contribution is -0.143. The minimum Gasteiger partial charge on any atom is -0.508 e. The molecular formula is C39H48N6O8S2. The van der Waals surface area contributed by atoms with Crippen LogP contribution in [0, 0.1) is 0 Å². The molecule has 55 heavy (non-hydrogen) atoms. The van der Waals surface area contributed by atoms with Crippen LogP contribution in [0.5, 0.6) is 5.75 Å². The fraction of sp³-hybridized carbons (Fsp3) is 0.385. The summed E-state index contributed by atoms with van der Waals surface area (Å²) < 4.78 is -2.34. The molecule has 0 aliphatic carbocycles. The second kappa shape index (κ2) is 19.0. The Labute approximate surface area is 327 Å². The highest BCUT2D eigenvalue weighted by Gasteiger charge is 2.44. The van der Waals surface area contributed by atoms with Gasteiger partial charge in [0.2, 0.25) is 29.5 Å². The van der Waals surface area contributed by atoms with E-state index in [1.807, 2.05) is 30.3 Å². The van der Waals surface area contributed by atoms with Crippen LogP contribution in [0.3, 0.4) is 0 Å². The van der Waals surface area contributed by atoms with Crippen LogP contribution < -0.4 is 32.3 Å². The number of amides is 5. The second-order valence-electron chi connectivity index (χ2n) is 14.4. The van der Waals surface area contributed by atoms with E-state index in [1.165, 1.54) is 12.1 Å². The van der Waals surface area contributed by atoms with Gasteiger partial charge in [0.05, 0.1) is 17.3 Å².